The van der Waals surface area contributed by atoms with E-state index >= 15 is 0 Å². The second-order valence-corrected chi connectivity index (χ2v) is 7.28. The lowest BCUT2D eigenvalue weighted by atomic mass is 9.51. The summed E-state index contributed by atoms with van der Waals surface area (Å²) in [5, 5.41) is 0. The van der Waals surface area contributed by atoms with Gasteiger partial charge in [-0.1, -0.05) is 39.3 Å². The molecule has 1 spiro atoms. The third-order valence-corrected chi connectivity index (χ3v) is 5.67. The molecule has 1 heteroatoms. The van der Waals surface area contributed by atoms with Gasteiger partial charge in [-0.25, -0.2) is 0 Å². The summed E-state index contributed by atoms with van der Waals surface area (Å²) in [6.45, 7) is 9.49. The maximum Gasteiger partial charge on any atom is 0.0979 e. The van der Waals surface area contributed by atoms with E-state index in [0.29, 0.717) is 5.41 Å². The minimum atomic E-state index is 0.00521. The standard InChI is InChI=1S/C15H24O/c1-12(2)6-5-7-13(3)8-9-14(4)10-11-15(12,13)16-14/h10-11H,5-9H2,1-4H3/t13-,14-,15+/m1/s1. The highest BCUT2D eigenvalue weighted by molar-refractivity contribution is 5.30. The van der Waals surface area contributed by atoms with Crippen LogP contribution in [0, 0.1) is 10.8 Å². The van der Waals surface area contributed by atoms with Crippen molar-refractivity contribution in [2.45, 2.75) is 71.0 Å². The van der Waals surface area contributed by atoms with Crippen LogP contribution in [0.15, 0.2) is 12.2 Å². The summed E-state index contributed by atoms with van der Waals surface area (Å²) < 4.78 is 6.58. The van der Waals surface area contributed by atoms with Crippen molar-refractivity contribution in [3.05, 3.63) is 12.2 Å². The van der Waals surface area contributed by atoms with E-state index in [9.17, 15) is 0 Å². The molecule has 0 aromatic heterocycles. The van der Waals surface area contributed by atoms with Crippen molar-refractivity contribution in [3.8, 4) is 0 Å². The van der Waals surface area contributed by atoms with Crippen LogP contribution in [0.3, 0.4) is 0 Å². The highest BCUT2D eigenvalue weighted by Crippen LogP contribution is 2.65. The molecule has 2 heterocycles. The van der Waals surface area contributed by atoms with E-state index in [2.05, 4.69) is 39.8 Å². The zero-order valence-corrected chi connectivity index (χ0v) is 11.1. The molecule has 0 aromatic rings. The van der Waals surface area contributed by atoms with Crippen LogP contribution in [0.2, 0.25) is 0 Å². The lowest BCUT2D eigenvalue weighted by Crippen LogP contribution is -2.62. The summed E-state index contributed by atoms with van der Waals surface area (Å²) in [5.74, 6) is 0. The number of hydrogen-bond acceptors (Lipinski definition) is 1. The van der Waals surface area contributed by atoms with Crippen molar-refractivity contribution in [1.29, 1.82) is 0 Å². The summed E-state index contributed by atoms with van der Waals surface area (Å²) >= 11 is 0. The molecule has 1 aliphatic carbocycles. The number of fused-ring (bicyclic) bond motifs is 1. The molecule has 1 saturated heterocycles. The number of rotatable bonds is 0. The Morgan fingerprint density at radius 3 is 2.38 bits per heavy atom. The Hall–Kier alpha value is -0.300. The average Bonchev–Trinajstić information content (AvgIpc) is 2.50. The van der Waals surface area contributed by atoms with E-state index in [-0.39, 0.29) is 16.6 Å². The van der Waals surface area contributed by atoms with Gasteiger partial charge in [-0.2, -0.15) is 0 Å². The summed E-state index contributed by atoms with van der Waals surface area (Å²) in [6, 6.07) is 0. The van der Waals surface area contributed by atoms with Crippen LogP contribution in [-0.4, -0.2) is 11.2 Å². The Balaban J connectivity index is 2.12. The summed E-state index contributed by atoms with van der Waals surface area (Å²) in [7, 11) is 0. The van der Waals surface area contributed by atoms with Crippen molar-refractivity contribution in [1.82, 2.24) is 0 Å². The molecule has 0 aromatic carbocycles. The molecule has 0 radical (unpaired) electrons. The van der Waals surface area contributed by atoms with Crippen molar-refractivity contribution >= 4 is 0 Å². The van der Waals surface area contributed by atoms with Gasteiger partial charge < -0.3 is 4.74 Å². The Morgan fingerprint density at radius 1 is 0.875 bits per heavy atom. The van der Waals surface area contributed by atoms with E-state index in [1.165, 1.54) is 32.1 Å². The molecule has 2 bridgehead atoms. The quantitative estimate of drug-likeness (QED) is 0.559. The van der Waals surface area contributed by atoms with Gasteiger partial charge in [-0.05, 0) is 38.0 Å². The SMILES string of the molecule is CC1(C)CCC[C@]2(C)CC[C@]3(C)C=C[C@]12O3. The van der Waals surface area contributed by atoms with Gasteiger partial charge in [0.15, 0.2) is 0 Å². The predicted molar refractivity (Wildman–Crippen MR) is 66.3 cm³/mol. The molecule has 0 unspecified atom stereocenters. The van der Waals surface area contributed by atoms with E-state index in [0.717, 1.165) is 0 Å². The molecule has 1 nitrogen and oxygen atoms in total. The third-order valence-electron chi connectivity index (χ3n) is 5.67. The molecule has 90 valence electrons. The van der Waals surface area contributed by atoms with E-state index in [1.54, 1.807) is 0 Å². The van der Waals surface area contributed by atoms with E-state index < -0.39 is 0 Å². The van der Waals surface area contributed by atoms with Gasteiger partial charge in [0, 0.05) is 5.41 Å². The molecule has 1 saturated carbocycles. The molecule has 16 heavy (non-hydrogen) atoms. The smallest absolute Gasteiger partial charge is 0.0979 e. The first-order valence-electron chi connectivity index (χ1n) is 6.73. The predicted octanol–water partition coefficient (Wildman–Crippen LogP) is 4.08. The highest BCUT2D eigenvalue weighted by atomic mass is 16.5. The maximum atomic E-state index is 6.58. The van der Waals surface area contributed by atoms with Gasteiger partial charge in [0.1, 0.15) is 0 Å². The Morgan fingerprint density at radius 2 is 1.62 bits per heavy atom. The van der Waals surface area contributed by atoms with Gasteiger partial charge in [0.05, 0.1) is 11.2 Å². The van der Waals surface area contributed by atoms with Crippen molar-refractivity contribution in [3.63, 3.8) is 0 Å². The zero-order valence-electron chi connectivity index (χ0n) is 11.1. The second kappa shape index (κ2) is 2.75. The number of ether oxygens (including phenoxy) is 1. The average molecular weight is 220 g/mol. The normalized spacial score (nSPS) is 53.8. The number of hydrogen-bond donors (Lipinski definition) is 0. The monoisotopic (exact) mass is 220 g/mol. The van der Waals surface area contributed by atoms with Crippen LogP contribution < -0.4 is 0 Å². The fourth-order valence-corrected chi connectivity index (χ4v) is 4.50. The molecule has 0 N–H and O–H groups in total. The molecule has 3 aliphatic rings. The van der Waals surface area contributed by atoms with Crippen LogP contribution in [0.4, 0.5) is 0 Å². The van der Waals surface area contributed by atoms with E-state index in [1.807, 2.05) is 0 Å². The summed E-state index contributed by atoms with van der Waals surface area (Å²) in [5.41, 5.74) is 0.676. The van der Waals surface area contributed by atoms with Crippen molar-refractivity contribution in [2.75, 3.05) is 0 Å². The van der Waals surface area contributed by atoms with Crippen LogP contribution in [-0.2, 0) is 4.74 Å². The van der Waals surface area contributed by atoms with Crippen LogP contribution in [0.25, 0.3) is 0 Å². The minimum Gasteiger partial charge on any atom is -0.360 e. The van der Waals surface area contributed by atoms with Gasteiger partial charge in [0.2, 0.25) is 0 Å². The summed E-state index contributed by atoms with van der Waals surface area (Å²) in [4.78, 5) is 0. The highest BCUT2D eigenvalue weighted by Gasteiger charge is 2.65. The molecular weight excluding hydrogens is 196 g/mol. The lowest BCUT2D eigenvalue weighted by molar-refractivity contribution is -0.248. The molecule has 3 rings (SSSR count). The fraction of sp³-hybridized carbons (Fsp3) is 0.867. The van der Waals surface area contributed by atoms with Gasteiger partial charge in [-0.15, -0.1) is 0 Å². The topological polar surface area (TPSA) is 9.23 Å². The van der Waals surface area contributed by atoms with Crippen molar-refractivity contribution in [2.24, 2.45) is 10.8 Å². The molecule has 0 amide bonds. The Bertz CT molecular complexity index is 356. The van der Waals surface area contributed by atoms with Crippen LogP contribution in [0.5, 0.6) is 0 Å². The third kappa shape index (κ3) is 1.06. The first-order chi connectivity index (χ1) is 7.33. The van der Waals surface area contributed by atoms with Crippen molar-refractivity contribution < 1.29 is 4.74 Å². The molecular formula is C15H24O. The fourth-order valence-electron chi connectivity index (χ4n) is 4.50. The molecule has 2 aliphatic heterocycles. The molecule has 2 fully saturated rings. The van der Waals surface area contributed by atoms with E-state index in [4.69, 9.17) is 4.74 Å². The first-order valence-corrected chi connectivity index (χ1v) is 6.73. The Kier molecular flexibility index (Phi) is 1.86. The van der Waals surface area contributed by atoms with Crippen LogP contribution in [0.1, 0.15) is 59.8 Å². The molecule has 3 atom stereocenters. The van der Waals surface area contributed by atoms with Gasteiger partial charge in [-0.3, -0.25) is 0 Å². The zero-order chi connectivity index (χ0) is 11.7. The van der Waals surface area contributed by atoms with Gasteiger partial charge in [0.25, 0.3) is 0 Å². The lowest BCUT2D eigenvalue weighted by Gasteiger charge is -2.61. The van der Waals surface area contributed by atoms with Crippen LogP contribution >= 0.6 is 0 Å². The first kappa shape index (κ1) is 10.8. The second-order valence-electron chi connectivity index (χ2n) is 7.28. The minimum absolute atomic E-state index is 0.00521. The van der Waals surface area contributed by atoms with Gasteiger partial charge >= 0.3 is 0 Å². The Labute approximate surface area is 99.3 Å². The maximum absolute atomic E-state index is 6.58. The largest absolute Gasteiger partial charge is 0.360 e. The summed E-state index contributed by atoms with van der Waals surface area (Å²) in [6.07, 6.45) is 11.3.